The van der Waals surface area contributed by atoms with E-state index in [-0.39, 0.29) is 12.5 Å². The molecule has 0 saturated heterocycles. The van der Waals surface area contributed by atoms with Crippen LogP contribution in [0.3, 0.4) is 0 Å². The normalized spacial score (nSPS) is 17.8. The predicted molar refractivity (Wildman–Crippen MR) is 79.1 cm³/mol. The van der Waals surface area contributed by atoms with Crippen LogP contribution in [-0.2, 0) is 4.79 Å². The maximum absolute atomic E-state index is 12.4. The van der Waals surface area contributed by atoms with E-state index in [9.17, 15) is 4.79 Å². The molecule has 0 saturated carbocycles. The summed E-state index contributed by atoms with van der Waals surface area (Å²) >= 11 is 0. The molecule has 0 spiro atoms. The smallest absolute Gasteiger partial charge is 0.268 e. The van der Waals surface area contributed by atoms with Gasteiger partial charge in [0.25, 0.3) is 5.91 Å². The molecule has 0 bridgehead atoms. The lowest BCUT2D eigenvalue weighted by atomic mass is 10.1. The first-order valence-corrected chi connectivity index (χ1v) is 7.46. The molecule has 1 atom stereocenters. The number of aliphatic hydroxyl groups excluding tert-OH is 1. The number of hydrogen-bond donors (Lipinski definition) is 1. The van der Waals surface area contributed by atoms with Crippen LogP contribution in [0.1, 0.15) is 39.0 Å². The number of anilines is 1. The SMILES string of the molecule is CCCCCCN1C(=O)C(CCO)Oc2ccccc21. The van der Waals surface area contributed by atoms with Crippen molar-refractivity contribution < 1.29 is 14.6 Å². The highest BCUT2D eigenvalue weighted by molar-refractivity contribution is 5.99. The molecule has 1 unspecified atom stereocenters. The molecular formula is C16H23NO3. The van der Waals surface area contributed by atoms with Gasteiger partial charge in [-0.15, -0.1) is 0 Å². The predicted octanol–water partition coefficient (Wildman–Crippen LogP) is 2.74. The molecule has 0 aliphatic carbocycles. The van der Waals surface area contributed by atoms with Crippen LogP contribution in [0.2, 0.25) is 0 Å². The van der Waals surface area contributed by atoms with Gasteiger partial charge in [0.15, 0.2) is 6.10 Å². The van der Waals surface area contributed by atoms with Crippen LogP contribution in [0.15, 0.2) is 24.3 Å². The van der Waals surface area contributed by atoms with Gasteiger partial charge in [0, 0.05) is 19.6 Å². The molecule has 4 heteroatoms. The van der Waals surface area contributed by atoms with Crippen molar-refractivity contribution in [3.8, 4) is 5.75 Å². The number of aliphatic hydroxyl groups is 1. The van der Waals surface area contributed by atoms with Crippen molar-refractivity contribution in [1.82, 2.24) is 0 Å². The Bertz CT molecular complexity index is 447. The lowest BCUT2D eigenvalue weighted by Crippen LogP contribution is -2.46. The quantitative estimate of drug-likeness (QED) is 0.780. The molecule has 1 aromatic rings. The Morgan fingerprint density at radius 2 is 2.05 bits per heavy atom. The maximum atomic E-state index is 12.4. The van der Waals surface area contributed by atoms with Crippen molar-refractivity contribution in [2.75, 3.05) is 18.1 Å². The fourth-order valence-corrected chi connectivity index (χ4v) is 2.50. The van der Waals surface area contributed by atoms with Crippen molar-refractivity contribution in [1.29, 1.82) is 0 Å². The molecule has 1 heterocycles. The van der Waals surface area contributed by atoms with Gasteiger partial charge in [-0.1, -0.05) is 38.3 Å². The second-order valence-electron chi connectivity index (χ2n) is 5.14. The van der Waals surface area contributed by atoms with Gasteiger partial charge in [-0.3, -0.25) is 4.79 Å². The van der Waals surface area contributed by atoms with Crippen LogP contribution >= 0.6 is 0 Å². The molecule has 1 amide bonds. The molecule has 0 radical (unpaired) electrons. The number of hydrogen-bond acceptors (Lipinski definition) is 3. The molecule has 0 fully saturated rings. The Morgan fingerprint density at radius 3 is 2.80 bits per heavy atom. The number of benzene rings is 1. The van der Waals surface area contributed by atoms with E-state index in [2.05, 4.69) is 6.92 Å². The Kier molecular flexibility index (Phi) is 5.41. The molecule has 0 aromatic heterocycles. The largest absolute Gasteiger partial charge is 0.478 e. The summed E-state index contributed by atoms with van der Waals surface area (Å²) in [5.41, 5.74) is 0.850. The number of para-hydroxylation sites is 2. The summed E-state index contributed by atoms with van der Waals surface area (Å²) in [6.45, 7) is 2.86. The summed E-state index contributed by atoms with van der Waals surface area (Å²) in [4.78, 5) is 14.2. The van der Waals surface area contributed by atoms with Crippen molar-refractivity contribution in [2.24, 2.45) is 0 Å². The summed E-state index contributed by atoms with van der Waals surface area (Å²) < 4.78 is 5.69. The minimum atomic E-state index is -0.555. The van der Waals surface area contributed by atoms with E-state index in [4.69, 9.17) is 9.84 Å². The van der Waals surface area contributed by atoms with Gasteiger partial charge in [-0.25, -0.2) is 0 Å². The van der Waals surface area contributed by atoms with E-state index in [1.54, 1.807) is 0 Å². The van der Waals surface area contributed by atoms with E-state index >= 15 is 0 Å². The minimum Gasteiger partial charge on any atom is -0.478 e. The van der Waals surface area contributed by atoms with Gasteiger partial charge in [0.05, 0.1) is 5.69 Å². The average molecular weight is 277 g/mol. The van der Waals surface area contributed by atoms with E-state index in [1.165, 1.54) is 12.8 Å². The van der Waals surface area contributed by atoms with Crippen LogP contribution in [0.5, 0.6) is 5.75 Å². The highest BCUT2D eigenvalue weighted by Crippen LogP contribution is 2.34. The number of ether oxygens (including phenoxy) is 1. The van der Waals surface area contributed by atoms with E-state index in [0.29, 0.717) is 6.42 Å². The van der Waals surface area contributed by atoms with Crippen LogP contribution in [0.25, 0.3) is 0 Å². The molecule has 110 valence electrons. The molecule has 20 heavy (non-hydrogen) atoms. The van der Waals surface area contributed by atoms with Gasteiger partial charge in [0.2, 0.25) is 0 Å². The number of amides is 1. The molecule has 1 N–H and O–H groups in total. The van der Waals surface area contributed by atoms with Gasteiger partial charge in [0.1, 0.15) is 5.75 Å². The van der Waals surface area contributed by atoms with Gasteiger partial charge in [-0.2, -0.15) is 0 Å². The molecule has 2 rings (SSSR count). The van der Waals surface area contributed by atoms with Gasteiger partial charge < -0.3 is 14.7 Å². The third-order valence-electron chi connectivity index (χ3n) is 3.59. The Balaban J connectivity index is 2.11. The van der Waals surface area contributed by atoms with Crippen molar-refractivity contribution in [2.45, 2.75) is 45.1 Å². The molecular weight excluding hydrogens is 254 g/mol. The number of nitrogens with zero attached hydrogens (tertiary/aromatic N) is 1. The lowest BCUT2D eigenvalue weighted by Gasteiger charge is -2.34. The summed E-state index contributed by atoms with van der Waals surface area (Å²) in [6, 6.07) is 7.62. The average Bonchev–Trinajstić information content (AvgIpc) is 2.47. The van der Waals surface area contributed by atoms with Crippen molar-refractivity contribution in [3.05, 3.63) is 24.3 Å². The van der Waals surface area contributed by atoms with Crippen LogP contribution in [0, 0.1) is 0 Å². The van der Waals surface area contributed by atoms with Gasteiger partial charge in [-0.05, 0) is 18.6 Å². The highest BCUT2D eigenvalue weighted by Gasteiger charge is 2.33. The van der Waals surface area contributed by atoms with Crippen molar-refractivity contribution in [3.63, 3.8) is 0 Å². The zero-order chi connectivity index (χ0) is 14.4. The van der Waals surface area contributed by atoms with Crippen LogP contribution < -0.4 is 9.64 Å². The fourth-order valence-electron chi connectivity index (χ4n) is 2.50. The summed E-state index contributed by atoms with van der Waals surface area (Å²) in [5, 5.41) is 9.07. The third kappa shape index (κ3) is 3.31. The molecule has 1 aromatic carbocycles. The third-order valence-corrected chi connectivity index (χ3v) is 3.59. The monoisotopic (exact) mass is 277 g/mol. The first kappa shape index (κ1) is 14.9. The zero-order valence-electron chi connectivity index (χ0n) is 12.0. The maximum Gasteiger partial charge on any atom is 0.268 e. The van der Waals surface area contributed by atoms with Crippen molar-refractivity contribution >= 4 is 11.6 Å². The first-order valence-electron chi connectivity index (χ1n) is 7.46. The number of carbonyl (C=O) groups is 1. The standard InChI is InChI=1S/C16H23NO3/c1-2-3-4-7-11-17-13-8-5-6-9-14(13)20-15(10-12-18)16(17)19/h5-6,8-9,15,18H,2-4,7,10-12H2,1H3. The van der Waals surface area contributed by atoms with Gasteiger partial charge >= 0.3 is 0 Å². The fraction of sp³-hybridized carbons (Fsp3) is 0.562. The molecule has 1 aliphatic rings. The van der Waals surface area contributed by atoms with E-state index in [1.807, 2.05) is 29.2 Å². The number of carbonyl (C=O) groups excluding carboxylic acids is 1. The Labute approximate surface area is 120 Å². The van der Waals surface area contributed by atoms with E-state index in [0.717, 1.165) is 30.8 Å². The minimum absolute atomic E-state index is 0.0331. The lowest BCUT2D eigenvalue weighted by molar-refractivity contribution is -0.127. The Morgan fingerprint density at radius 1 is 1.25 bits per heavy atom. The summed E-state index contributed by atoms with van der Waals surface area (Å²) in [7, 11) is 0. The van der Waals surface area contributed by atoms with E-state index < -0.39 is 6.10 Å². The highest BCUT2D eigenvalue weighted by atomic mass is 16.5. The summed E-state index contributed by atoms with van der Waals surface area (Å²) in [6.07, 6.45) is 4.30. The number of fused-ring (bicyclic) bond motifs is 1. The summed E-state index contributed by atoms with van der Waals surface area (Å²) in [5.74, 6) is 0.704. The van der Waals surface area contributed by atoms with Crippen LogP contribution in [-0.4, -0.2) is 30.3 Å². The topological polar surface area (TPSA) is 49.8 Å². The second kappa shape index (κ2) is 7.29. The number of unbranched alkanes of at least 4 members (excludes halogenated alkanes) is 3. The molecule has 4 nitrogen and oxygen atoms in total. The zero-order valence-corrected chi connectivity index (χ0v) is 12.0. The van der Waals surface area contributed by atoms with Crippen LogP contribution in [0.4, 0.5) is 5.69 Å². The second-order valence-corrected chi connectivity index (χ2v) is 5.14. The molecule has 1 aliphatic heterocycles. The number of rotatable bonds is 7. The first-order chi connectivity index (χ1) is 9.77. The Hall–Kier alpha value is -1.55.